The van der Waals surface area contributed by atoms with Gasteiger partial charge in [-0.05, 0) is 68.5 Å². The van der Waals surface area contributed by atoms with Crippen LogP contribution in [0, 0.1) is 0 Å². The maximum atomic E-state index is 13.6. The Morgan fingerprint density at radius 3 is 2.40 bits per heavy atom. The number of hydrogen-bond acceptors (Lipinski definition) is 6. The highest BCUT2D eigenvalue weighted by Gasteiger charge is 2.28. The minimum absolute atomic E-state index is 0.0865. The van der Waals surface area contributed by atoms with Gasteiger partial charge >= 0.3 is 0 Å². The van der Waals surface area contributed by atoms with Crippen LogP contribution in [0.4, 0.5) is 0 Å². The summed E-state index contributed by atoms with van der Waals surface area (Å²) in [6, 6.07) is 12.9. The molecule has 1 atom stereocenters. The molecule has 2 aliphatic rings. The zero-order valence-electron chi connectivity index (χ0n) is 23.1. The van der Waals surface area contributed by atoms with Gasteiger partial charge in [0.05, 0.1) is 49.7 Å². The van der Waals surface area contributed by atoms with E-state index >= 15 is 0 Å². The molecule has 40 heavy (non-hydrogen) atoms. The van der Waals surface area contributed by atoms with Crippen LogP contribution >= 0.6 is 0 Å². The van der Waals surface area contributed by atoms with Gasteiger partial charge in [0.2, 0.25) is 5.91 Å². The SMILES string of the molecule is COc1cccc(OC)c1-c1cc(C(=O)N[C@@H](/C=C/c2ccccn2)CC(=O)NC2CCC2)nn1C1CCCC1. The van der Waals surface area contributed by atoms with Crippen LogP contribution < -0.4 is 20.1 Å². The predicted octanol–water partition coefficient (Wildman–Crippen LogP) is 4.95. The molecule has 2 aromatic heterocycles. The number of benzene rings is 1. The molecule has 0 radical (unpaired) electrons. The van der Waals surface area contributed by atoms with Crippen LogP contribution in [0.1, 0.15) is 73.6 Å². The molecule has 0 aliphatic heterocycles. The summed E-state index contributed by atoms with van der Waals surface area (Å²) in [5.41, 5.74) is 2.56. The summed E-state index contributed by atoms with van der Waals surface area (Å²) in [5, 5.41) is 10.9. The molecule has 210 valence electrons. The summed E-state index contributed by atoms with van der Waals surface area (Å²) >= 11 is 0. The molecule has 2 fully saturated rings. The highest BCUT2D eigenvalue weighted by Crippen LogP contribution is 2.41. The molecule has 2 N–H and O–H groups in total. The summed E-state index contributed by atoms with van der Waals surface area (Å²) in [6.45, 7) is 0. The third kappa shape index (κ3) is 6.35. The Morgan fingerprint density at radius 2 is 1.77 bits per heavy atom. The third-order valence-corrected chi connectivity index (χ3v) is 7.70. The van der Waals surface area contributed by atoms with Crippen molar-refractivity contribution in [2.75, 3.05) is 14.2 Å². The smallest absolute Gasteiger partial charge is 0.272 e. The fourth-order valence-corrected chi connectivity index (χ4v) is 5.36. The topological polar surface area (TPSA) is 107 Å². The first-order valence-electron chi connectivity index (χ1n) is 14.1. The van der Waals surface area contributed by atoms with Crippen molar-refractivity contribution in [2.45, 2.75) is 69.5 Å². The van der Waals surface area contributed by atoms with Crippen LogP contribution in [0.25, 0.3) is 17.3 Å². The van der Waals surface area contributed by atoms with Gasteiger partial charge in [-0.1, -0.05) is 31.1 Å². The lowest BCUT2D eigenvalue weighted by atomic mass is 9.93. The van der Waals surface area contributed by atoms with E-state index in [2.05, 4.69) is 15.6 Å². The number of methoxy groups -OCH3 is 2. The number of carbonyl (C=O) groups excluding carboxylic acids is 2. The maximum absolute atomic E-state index is 13.6. The predicted molar refractivity (Wildman–Crippen MR) is 153 cm³/mol. The van der Waals surface area contributed by atoms with Crippen LogP contribution in [-0.2, 0) is 4.79 Å². The number of hydrogen-bond donors (Lipinski definition) is 2. The standard InChI is InChI=1S/C31H37N5O4/c1-39-27-14-8-15-28(40-2)30(27)26-20-25(35-36(26)24-12-3-4-13-24)31(38)34-23(17-16-21-9-5-6-18-32-21)19-29(37)33-22-10-7-11-22/h5-6,8-9,14-18,20,22-24H,3-4,7,10-13,19H2,1-2H3,(H,33,37)(H,34,38)/b17-16+/t23-/m0/s1. The first kappa shape index (κ1) is 27.4. The molecule has 0 bridgehead atoms. The van der Waals surface area contributed by atoms with Gasteiger partial charge < -0.3 is 20.1 Å². The highest BCUT2D eigenvalue weighted by atomic mass is 16.5. The van der Waals surface area contributed by atoms with Gasteiger partial charge in [-0.25, -0.2) is 0 Å². The number of rotatable bonds is 11. The Bertz CT molecular complexity index is 1320. The summed E-state index contributed by atoms with van der Waals surface area (Å²) < 4.78 is 13.3. The third-order valence-electron chi connectivity index (χ3n) is 7.70. The van der Waals surface area contributed by atoms with E-state index in [4.69, 9.17) is 14.6 Å². The highest BCUT2D eigenvalue weighted by molar-refractivity contribution is 5.95. The van der Waals surface area contributed by atoms with E-state index in [1.54, 1.807) is 26.5 Å². The first-order chi connectivity index (χ1) is 19.6. The fourth-order valence-electron chi connectivity index (χ4n) is 5.36. The molecule has 1 aromatic carbocycles. The summed E-state index contributed by atoms with van der Waals surface area (Å²) in [5.74, 6) is 0.860. The Hall–Kier alpha value is -4.14. The van der Waals surface area contributed by atoms with Gasteiger partial charge in [-0.2, -0.15) is 5.10 Å². The van der Waals surface area contributed by atoms with Gasteiger partial charge in [0.1, 0.15) is 11.5 Å². The van der Waals surface area contributed by atoms with E-state index in [9.17, 15) is 9.59 Å². The van der Waals surface area contributed by atoms with Crippen molar-refractivity contribution >= 4 is 17.9 Å². The number of aromatic nitrogens is 3. The second-order valence-electron chi connectivity index (χ2n) is 10.4. The largest absolute Gasteiger partial charge is 0.496 e. The molecule has 2 saturated carbocycles. The molecule has 9 nitrogen and oxygen atoms in total. The maximum Gasteiger partial charge on any atom is 0.272 e. The second kappa shape index (κ2) is 12.8. The van der Waals surface area contributed by atoms with Gasteiger partial charge in [0, 0.05) is 12.2 Å². The minimum Gasteiger partial charge on any atom is -0.496 e. The number of nitrogens with one attached hydrogen (secondary N) is 2. The Labute approximate surface area is 235 Å². The number of nitrogens with zero attached hydrogens (tertiary/aromatic N) is 3. The van der Waals surface area contributed by atoms with E-state index in [1.807, 2.05) is 53.2 Å². The van der Waals surface area contributed by atoms with Crippen LogP contribution in [0.3, 0.4) is 0 Å². The Balaban J connectivity index is 1.43. The van der Waals surface area contributed by atoms with Crippen LogP contribution in [0.5, 0.6) is 11.5 Å². The molecule has 0 saturated heterocycles. The molecule has 5 rings (SSSR count). The van der Waals surface area contributed by atoms with Crippen molar-refractivity contribution in [1.29, 1.82) is 0 Å². The lowest BCUT2D eigenvalue weighted by Gasteiger charge is -2.27. The fraction of sp³-hybridized carbons (Fsp3) is 0.419. The molecule has 0 spiro atoms. The summed E-state index contributed by atoms with van der Waals surface area (Å²) in [6.07, 6.45) is 12.8. The zero-order valence-corrected chi connectivity index (χ0v) is 23.1. The van der Waals surface area contributed by atoms with Crippen molar-refractivity contribution in [3.8, 4) is 22.8 Å². The molecule has 2 amide bonds. The van der Waals surface area contributed by atoms with Gasteiger partial charge in [-0.15, -0.1) is 0 Å². The second-order valence-corrected chi connectivity index (χ2v) is 10.4. The summed E-state index contributed by atoms with van der Waals surface area (Å²) in [4.78, 5) is 30.7. The molecular formula is C31H37N5O4. The lowest BCUT2D eigenvalue weighted by Crippen LogP contribution is -2.43. The number of pyridine rings is 1. The van der Waals surface area contributed by atoms with E-state index in [0.29, 0.717) is 11.5 Å². The van der Waals surface area contributed by atoms with E-state index < -0.39 is 6.04 Å². The van der Waals surface area contributed by atoms with Crippen molar-refractivity contribution in [2.24, 2.45) is 0 Å². The molecule has 9 heteroatoms. The van der Waals surface area contributed by atoms with E-state index in [-0.39, 0.29) is 36.0 Å². The normalized spacial score (nSPS) is 16.4. The van der Waals surface area contributed by atoms with Crippen molar-refractivity contribution in [3.63, 3.8) is 0 Å². The van der Waals surface area contributed by atoms with E-state index in [0.717, 1.165) is 61.9 Å². The van der Waals surface area contributed by atoms with Gasteiger partial charge in [0.25, 0.3) is 5.91 Å². The Morgan fingerprint density at radius 1 is 1.02 bits per heavy atom. The Kier molecular flexibility index (Phi) is 8.78. The molecule has 3 aromatic rings. The van der Waals surface area contributed by atoms with Crippen molar-refractivity contribution in [1.82, 2.24) is 25.4 Å². The zero-order chi connectivity index (χ0) is 27.9. The molecule has 2 aliphatic carbocycles. The average Bonchev–Trinajstić information content (AvgIpc) is 3.64. The monoisotopic (exact) mass is 543 g/mol. The quantitative estimate of drug-likeness (QED) is 0.355. The van der Waals surface area contributed by atoms with Crippen molar-refractivity contribution in [3.05, 3.63) is 66.1 Å². The van der Waals surface area contributed by atoms with E-state index in [1.165, 1.54) is 0 Å². The minimum atomic E-state index is -0.532. The van der Waals surface area contributed by atoms with Crippen molar-refractivity contribution < 1.29 is 19.1 Å². The van der Waals surface area contributed by atoms with Crippen LogP contribution in [0.2, 0.25) is 0 Å². The lowest BCUT2D eigenvalue weighted by molar-refractivity contribution is -0.122. The molecular weight excluding hydrogens is 506 g/mol. The van der Waals surface area contributed by atoms with Crippen LogP contribution in [0.15, 0.2) is 54.7 Å². The van der Waals surface area contributed by atoms with Gasteiger partial charge in [0.15, 0.2) is 5.69 Å². The average molecular weight is 544 g/mol. The summed E-state index contributed by atoms with van der Waals surface area (Å²) in [7, 11) is 3.24. The van der Waals surface area contributed by atoms with Gasteiger partial charge in [-0.3, -0.25) is 19.3 Å². The molecule has 0 unspecified atom stereocenters. The number of amides is 2. The van der Waals surface area contributed by atoms with Crippen LogP contribution in [-0.4, -0.2) is 52.9 Å². The number of ether oxygens (including phenoxy) is 2. The first-order valence-corrected chi connectivity index (χ1v) is 14.1. The number of carbonyl (C=O) groups is 2. The molecule has 2 heterocycles.